The van der Waals surface area contributed by atoms with Crippen LogP contribution in [0.25, 0.3) is 22.0 Å². The maximum absolute atomic E-state index is 8.63. The van der Waals surface area contributed by atoms with Crippen molar-refractivity contribution in [1.82, 2.24) is 9.88 Å². The lowest BCUT2D eigenvalue weighted by Crippen LogP contribution is -2.46. The topological polar surface area (TPSA) is 52.4 Å². The van der Waals surface area contributed by atoms with Crippen LogP contribution in [0.3, 0.4) is 0 Å². The number of unbranched alkanes of at least 4 members (excludes halogenated alkanes) is 1. The van der Waals surface area contributed by atoms with Gasteiger partial charge < -0.3 is 14.5 Å². The van der Waals surface area contributed by atoms with Crippen LogP contribution in [0.1, 0.15) is 19.8 Å². The van der Waals surface area contributed by atoms with Crippen LogP contribution >= 0.6 is 12.4 Å². The largest absolute Gasteiger partial charge is 0.494 e. The molecule has 0 spiro atoms. The number of piperazine rings is 1. The van der Waals surface area contributed by atoms with Crippen LogP contribution in [0.2, 0.25) is 0 Å². The summed E-state index contributed by atoms with van der Waals surface area (Å²) in [5.74, 6) is 1.91. The molecule has 0 N–H and O–H groups in total. The molecule has 0 atom stereocenters. The summed E-state index contributed by atoms with van der Waals surface area (Å²) >= 11 is 0. The molecule has 1 aromatic heterocycles. The third-order valence-corrected chi connectivity index (χ3v) is 5.69. The van der Waals surface area contributed by atoms with Crippen molar-refractivity contribution in [3.8, 4) is 23.1 Å². The lowest BCUT2D eigenvalue weighted by Gasteiger charge is -2.35. The predicted octanol–water partition coefficient (Wildman–Crippen LogP) is 5.15. The monoisotopic (exact) mass is 436 g/mol. The van der Waals surface area contributed by atoms with Gasteiger partial charge in [-0.25, -0.2) is 4.98 Å². The average molecular weight is 437 g/mol. The summed E-state index contributed by atoms with van der Waals surface area (Å²) in [5, 5.41) is 11.1. The second kappa shape index (κ2) is 11.0. The molecule has 0 unspecified atom stereocenters. The quantitative estimate of drug-likeness (QED) is 0.479. The molecule has 162 valence electrons. The lowest BCUT2D eigenvalue weighted by molar-refractivity contribution is 0.271. The number of anilines is 1. The maximum atomic E-state index is 8.63. The number of rotatable bonds is 7. The molecule has 5 nitrogen and oxygen atoms in total. The van der Waals surface area contributed by atoms with Crippen molar-refractivity contribution in [3.05, 3.63) is 54.6 Å². The van der Waals surface area contributed by atoms with Gasteiger partial charge in [-0.15, -0.1) is 12.4 Å². The molecule has 2 heterocycles. The van der Waals surface area contributed by atoms with Gasteiger partial charge in [0.05, 0.1) is 18.4 Å². The molecular formula is C25H29ClN4O. The van der Waals surface area contributed by atoms with E-state index in [0.29, 0.717) is 13.0 Å². The Morgan fingerprint density at radius 3 is 2.48 bits per heavy atom. The molecule has 0 aliphatic carbocycles. The summed E-state index contributed by atoms with van der Waals surface area (Å²) in [6.07, 6.45) is 1.27. The number of pyridine rings is 1. The van der Waals surface area contributed by atoms with Gasteiger partial charge in [0.15, 0.2) is 0 Å². The highest BCUT2D eigenvalue weighted by Gasteiger charge is 2.19. The normalized spacial score (nSPS) is 14.1. The van der Waals surface area contributed by atoms with Crippen LogP contribution in [-0.2, 0) is 0 Å². The molecule has 4 rings (SSSR count). The number of nitriles is 1. The zero-order valence-corrected chi connectivity index (χ0v) is 18.8. The summed E-state index contributed by atoms with van der Waals surface area (Å²) in [7, 11) is 0. The van der Waals surface area contributed by atoms with E-state index in [1.165, 1.54) is 10.8 Å². The Hall–Kier alpha value is -2.81. The Morgan fingerprint density at radius 1 is 1.03 bits per heavy atom. The van der Waals surface area contributed by atoms with Crippen molar-refractivity contribution in [3.63, 3.8) is 0 Å². The number of aromatic nitrogens is 1. The van der Waals surface area contributed by atoms with Crippen LogP contribution in [-0.4, -0.2) is 49.2 Å². The zero-order chi connectivity index (χ0) is 20.8. The fourth-order valence-corrected chi connectivity index (χ4v) is 3.91. The van der Waals surface area contributed by atoms with Crippen molar-refractivity contribution in [2.75, 3.05) is 44.2 Å². The van der Waals surface area contributed by atoms with Gasteiger partial charge in [-0.05, 0) is 48.7 Å². The van der Waals surface area contributed by atoms with Gasteiger partial charge in [-0.2, -0.15) is 5.26 Å². The SMILES string of the molecule is CCN1CCN(c2nc(-c3ccc(OCCCC#N)cc3)cc3ccccc23)CC1.Cl. The number of nitrogens with zero attached hydrogens (tertiary/aromatic N) is 4. The van der Waals surface area contributed by atoms with E-state index in [1.807, 2.05) is 12.1 Å². The minimum absolute atomic E-state index is 0. The maximum Gasteiger partial charge on any atom is 0.137 e. The number of benzene rings is 2. The van der Waals surface area contributed by atoms with Gasteiger partial charge in [0, 0.05) is 43.5 Å². The van der Waals surface area contributed by atoms with Crippen molar-refractivity contribution in [2.45, 2.75) is 19.8 Å². The first kappa shape index (κ1) is 22.9. The predicted molar refractivity (Wildman–Crippen MR) is 129 cm³/mol. The Kier molecular flexibility index (Phi) is 8.11. The number of halogens is 1. The first-order valence-corrected chi connectivity index (χ1v) is 10.8. The Labute approximate surface area is 190 Å². The van der Waals surface area contributed by atoms with Gasteiger partial charge >= 0.3 is 0 Å². The van der Waals surface area contributed by atoms with Crippen molar-refractivity contribution in [1.29, 1.82) is 5.26 Å². The van der Waals surface area contributed by atoms with Gasteiger partial charge in [-0.1, -0.05) is 31.2 Å². The number of fused-ring (bicyclic) bond motifs is 1. The molecule has 1 aliphatic rings. The Morgan fingerprint density at radius 2 is 1.77 bits per heavy atom. The van der Waals surface area contributed by atoms with E-state index in [-0.39, 0.29) is 12.4 Å². The van der Waals surface area contributed by atoms with E-state index in [2.05, 4.69) is 65.3 Å². The fraction of sp³-hybridized carbons (Fsp3) is 0.360. The summed E-state index contributed by atoms with van der Waals surface area (Å²) < 4.78 is 5.72. The summed E-state index contributed by atoms with van der Waals surface area (Å²) in [6, 6.07) is 20.9. The molecule has 1 fully saturated rings. The molecule has 2 aromatic carbocycles. The van der Waals surface area contributed by atoms with E-state index < -0.39 is 0 Å². The second-order valence-corrected chi connectivity index (χ2v) is 7.61. The molecule has 3 aromatic rings. The first-order chi connectivity index (χ1) is 14.8. The van der Waals surface area contributed by atoms with Crippen molar-refractivity contribution >= 4 is 29.0 Å². The van der Waals surface area contributed by atoms with Crippen LogP contribution in [0, 0.1) is 11.3 Å². The lowest BCUT2D eigenvalue weighted by atomic mass is 10.1. The molecule has 0 amide bonds. The summed E-state index contributed by atoms with van der Waals surface area (Å²) in [6.45, 7) is 8.06. The van der Waals surface area contributed by atoms with Crippen LogP contribution in [0.4, 0.5) is 5.82 Å². The van der Waals surface area contributed by atoms with Crippen LogP contribution < -0.4 is 9.64 Å². The van der Waals surface area contributed by atoms with Gasteiger partial charge in [0.2, 0.25) is 0 Å². The number of ether oxygens (including phenoxy) is 1. The third-order valence-electron chi connectivity index (χ3n) is 5.69. The highest BCUT2D eigenvalue weighted by Crippen LogP contribution is 2.31. The zero-order valence-electron chi connectivity index (χ0n) is 18.0. The van der Waals surface area contributed by atoms with E-state index >= 15 is 0 Å². The highest BCUT2D eigenvalue weighted by atomic mass is 35.5. The molecule has 6 heteroatoms. The van der Waals surface area contributed by atoms with E-state index in [0.717, 1.165) is 62.0 Å². The molecule has 1 aliphatic heterocycles. The van der Waals surface area contributed by atoms with Crippen molar-refractivity contribution < 1.29 is 4.74 Å². The van der Waals surface area contributed by atoms with E-state index in [9.17, 15) is 0 Å². The molecule has 0 bridgehead atoms. The molecular weight excluding hydrogens is 408 g/mol. The molecule has 0 radical (unpaired) electrons. The average Bonchev–Trinajstić information content (AvgIpc) is 2.81. The second-order valence-electron chi connectivity index (χ2n) is 7.61. The molecule has 31 heavy (non-hydrogen) atoms. The first-order valence-electron chi connectivity index (χ1n) is 10.8. The summed E-state index contributed by atoms with van der Waals surface area (Å²) in [5.41, 5.74) is 2.07. The van der Waals surface area contributed by atoms with E-state index in [1.54, 1.807) is 0 Å². The third kappa shape index (κ3) is 5.46. The van der Waals surface area contributed by atoms with E-state index in [4.69, 9.17) is 15.0 Å². The minimum Gasteiger partial charge on any atom is -0.494 e. The number of likely N-dealkylation sites (N-methyl/N-ethyl adjacent to an activating group) is 1. The molecule has 0 saturated carbocycles. The number of hydrogen-bond donors (Lipinski definition) is 0. The minimum atomic E-state index is 0. The summed E-state index contributed by atoms with van der Waals surface area (Å²) in [4.78, 5) is 10.00. The Bertz CT molecular complexity index is 1020. The highest BCUT2D eigenvalue weighted by molar-refractivity contribution is 5.95. The van der Waals surface area contributed by atoms with Gasteiger partial charge in [-0.3, -0.25) is 0 Å². The van der Waals surface area contributed by atoms with Crippen LogP contribution in [0.15, 0.2) is 54.6 Å². The van der Waals surface area contributed by atoms with Gasteiger partial charge in [0.1, 0.15) is 11.6 Å². The fourth-order valence-electron chi connectivity index (χ4n) is 3.91. The van der Waals surface area contributed by atoms with Crippen molar-refractivity contribution in [2.24, 2.45) is 0 Å². The molecule has 1 saturated heterocycles. The van der Waals surface area contributed by atoms with Gasteiger partial charge in [0.25, 0.3) is 0 Å². The smallest absolute Gasteiger partial charge is 0.137 e. The standard InChI is InChI=1S/C25H28N4O.ClH/c1-2-28-14-16-29(17-15-28)25-23-8-4-3-7-21(23)19-24(27-25)20-9-11-22(12-10-20)30-18-6-5-13-26;/h3-4,7-12,19H,2,5-6,14-18H2,1H3;1H. The van der Waals surface area contributed by atoms with Crippen LogP contribution in [0.5, 0.6) is 5.75 Å². The number of hydrogen-bond acceptors (Lipinski definition) is 5. The Balaban J connectivity index is 0.00000272.